The molecule has 2 atom stereocenters. The predicted molar refractivity (Wildman–Crippen MR) is 108 cm³/mol. The van der Waals surface area contributed by atoms with Gasteiger partial charge in [-0.2, -0.15) is 0 Å². The van der Waals surface area contributed by atoms with Gasteiger partial charge in [0.15, 0.2) is 0 Å². The van der Waals surface area contributed by atoms with Crippen molar-refractivity contribution in [1.82, 2.24) is 15.5 Å². The average molecular weight is 386 g/mol. The van der Waals surface area contributed by atoms with Crippen LogP contribution in [0, 0.1) is 5.92 Å². The Kier molecular flexibility index (Phi) is 7.03. The number of hydrogen-bond acceptors (Lipinski definition) is 4. The molecular weight excluding hydrogens is 356 g/mol. The van der Waals surface area contributed by atoms with Crippen LogP contribution in [0.15, 0.2) is 24.3 Å². The van der Waals surface area contributed by atoms with Gasteiger partial charge in [-0.05, 0) is 55.8 Å². The monoisotopic (exact) mass is 386 g/mol. The molecule has 1 aromatic carbocycles. The molecule has 2 saturated heterocycles. The number of amides is 3. The van der Waals surface area contributed by atoms with E-state index in [-0.39, 0.29) is 23.8 Å². The zero-order valence-corrected chi connectivity index (χ0v) is 16.5. The zero-order chi connectivity index (χ0) is 19.9. The van der Waals surface area contributed by atoms with E-state index in [4.69, 9.17) is 0 Å². The van der Waals surface area contributed by atoms with Crippen molar-refractivity contribution < 1.29 is 14.4 Å². The molecule has 0 aliphatic carbocycles. The largest absolute Gasteiger partial charge is 0.354 e. The third-order valence-corrected chi connectivity index (χ3v) is 5.44. The standard InChI is InChI=1S/C21H30N4O3/c1-15(26)24-18-8-6-16(7-9-18)12-20(27)25-11-3-4-17(14-25)13-23-21(28)19-5-2-10-22-19/h6-9,17,19,22H,2-5,10-14H2,1H3,(H,23,28)(H,24,26). The van der Waals surface area contributed by atoms with Gasteiger partial charge in [-0.15, -0.1) is 0 Å². The summed E-state index contributed by atoms with van der Waals surface area (Å²) >= 11 is 0. The molecule has 2 unspecified atom stereocenters. The van der Waals surface area contributed by atoms with E-state index in [0.717, 1.165) is 50.0 Å². The molecule has 7 heteroatoms. The first-order valence-electron chi connectivity index (χ1n) is 10.2. The SMILES string of the molecule is CC(=O)Nc1ccc(CC(=O)N2CCCC(CNC(=O)C3CCCN3)C2)cc1. The van der Waals surface area contributed by atoms with Crippen LogP contribution in [0.1, 0.15) is 38.2 Å². The number of piperidine rings is 1. The first-order valence-corrected chi connectivity index (χ1v) is 10.2. The van der Waals surface area contributed by atoms with Gasteiger partial charge in [0.1, 0.15) is 0 Å². The maximum atomic E-state index is 12.7. The lowest BCUT2D eigenvalue weighted by atomic mass is 9.97. The van der Waals surface area contributed by atoms with Crippen molar-refractivity contribution in [2.24, 2.45) is 5.92 Å². The van der Waals surface area contributed by atoms with Crippen LogP contribution in [-0.2, 0) is 20.8 Å². The summed E-state index contributed by atoms with van der Waals surface area (Å²) in [6.07, 6.45) is 4.31. The molecule has 3 N–H and O–H groups in total. The van der Waals surface area contributed by atoms with Crippen molar-refractivity contribution in [3.8, 4) is 0 Å². The van der Waals surface area contributed by atoms with Gasteiger partial charge < -0.3 is 20.9 Å². The van der Waals surface area contributed by atoms with Crippen LogP contribution in [0.3, 0.4) is 0 Å². The van der Waals surface area contributed by atoms with Gasteiger partial charge in [0.2, 0.25) is 17.7 Å². The Bertz CT molecular complexity index is 698. The number of anilines is 1. The van der Waals surface area contributed by atoms with Crippen molar-refractivity contribution in [2.45, 2.75) is 45.1 Å². The fraction of sp³-hybridized carbons (Fsp3) is 0.571. The van der Waals surface area contributed by atoms with Gasteiger partial charge in [0.25, 0.3) is 0 Å². The number of rotatable bonds is 6. The summed E-state index contributed by atoms with van der Waals surface area (Å²) in [6.45, 7) is 4.48. The fourth-order valence-corrected chi connectivity index (χ4v) is 3.93. The maximum absolute atomic E-state index is 12.7. The highest BCUT2D eigenvalue weighted by atomic mass is 16.2. The third kappa shape index (κ3) is 5.79. The summed E-state index contributed by atoms with van der Waals surface area (Å²) in [5.41, 5.74) is 1.66. The summed E-state index contributed by atoms with van der Waals surface area (Å²) in [5.74, 6) is 0.394. The smallest absolute Gasteiger partial charge is 0.237 e. The average Bonchev–Trinajstić information content (AvgIpc) is 3.22. The van der Waals surface area contributed by atoms with Crippen LogP contribution < -0.4 is 16.0 Å². The number of carbonyl (C=O) groups excluding carboxylic acids is 3. The highest BCUT2D eigenvalue weighted by Crippen LogP contribution is 2.18. The van der Waals surface area contributed by atoms with Crippen LogP contribution >= 0.6 is 0 Å². The Morgan fingerprint density at radius 1 is 1.14 bits per heavy atom. The minimum atomic E-state index is -0.112. The summed E-state index contributed by atoms with van der Waals surface area (Å²) in [7, 11) is 0. The number of carbonyl (C=O) groups is 3. The Morgan fingerprint density at radius 2 is 1.93 bits per heavy atom. The molecule has 152 valence electrons. The molecule has 2 aliphatic heterocycles. The third-order valence-electron chi connectivity index (χ3n) is 5.44. The molecule has 7 nitrogen and oxygen atoms in total. The molecule has 0 bridgehead atoms. The van der Waals surface area contributed by atoms with Gasteiger partial charge in [-0.1, -0.05) is 12.1 Å². The number of hydrogen-bond donors (Lipinski definition) is 3. The normalized spacial score (nSPS) is 22.0. The number of benzene rings is 1. The van der Waals surface area contributed by atoms with Crippen molar-refractivity contribution in [1.29, 1.82) is 0 Å². The summed E-state index contributed by atoms with van der Waals surface area (Å²) in [6, 6.07) is 7.33. The van der Waals surface area contributed by atoms with Crippen molar-refractivity contribution in [3.05, 3.63) is 29.8 Å². The number of likely N-dealkylation sites (tertiary alicyclic amines) is 1. The molecule has 2 heterocycles. The lowest BCUT2D eigenvalue weighted by Gasteiger charge is -2.33. The van der Waals surface area contributed by atoms with Gasteiger partial charge in [-0.25, -0.2) is 0 Å². The molecule has 3 amide bonds. The number of nitrogens with one attached hydrogen (secondary N) is 3. The topological polar surface area (TPSA) is 90.5 Å². The molecule has 0 aromatic heterocycles. The van der Waals surface area contributed by atoms with Gasteiger partial charge in [0, 0.05) is 32.2 Å². The van der Waals surface area contributed by atoms with Gasteiger partial charge in [-0.3, -0.25) is 14.4 Å². The van der Waals surface area contributed by atoms with Crippen molar-refractivity contribution >= 4 is 23.4 Å². The molecule has 0 spiro atoms. The molecule has 1 aromatic rings. The summed E-state index contributed by atoms with van der Waals surface area (Å²) in [4.78, 5) is 37.8. The second-order valence-corrected chi connectivity index (χ2v) is 7.80. The highest BCUT2D eigenvalue weighted by Gasteiger charge is 2.26. The van der Waals surface area contributed by atoms with Crippen LogP contribution in [0.2, 0.25) is 0 Å². The molecule has 3 rings (SSSR count). The van der Waals surface area contributed by atoms with E-state index >= 15 is 0 Å². The van der Waals surface area contributed by atoms with Crippen LogP contribution in [0.25, 0.3) is 0 Å². The van der Waals surface area contributed by atoms with E-state index in [0.29, 0.717) is 25.4 Å². The van der Waals surface area contributed by atoms with Crippen molar-refractivity contribution in [3.63, 3.8) is 0 Å². The summed E-state index contributed by atoms with van der Waals surface area (Å²) < 4.78 is 0. The molecule has 2 fully saturated rings. The molecule has 0 radical (unpaired) electrons. The molecule has 0 saturated carbocycles. The lowest BCUT2D eigenvalue weighted by Crippen LogP contribution is -2.47. The Labute approximate surface area is 166 Å². The van der Waals surface area contributed by atoms with E-state index in [1.165, 1.54) is 6.92 Å². The zero-order valence-electron chi connectivity index (χ0n) is 16.5. The fourth-order valence-electron chi connectivity index (χ4n) is 3.93. The lowest BCUT2D eigenvalue weighted by molar-refractivity contribution is -0.132. The van der Waals surface area contributed by atoms with Gasteiger partial charge in [0.05, 0.1) is 12.5 Å². The first-order chi connectivity index (χ1) is 13.5. The molecular formula is C21H30N4O3. The minimum Gasteiger partial charge on any atom is -0.354 e. The maximum Gasteiger partial charge on any atom is 0.237 e. The predicted octanol–water partition coefficient (Wildman–Crippen LogP) is 1.29. The Morgan fingerprint density at radius 3 is 2.61 bits per heavy atom. The second-order valence-electron chi connectivity index (χ2n) is 7.80. The van der Waals surface area contributed by atoms with E-state index in [1.807, 2.05) is 29.2 Å². The minimum absolute atomic E-state index is 0.0539. The van der Waals surface area contributed by atoms with E-state index in [1.54, 1.807) is 0 Å². The Hall–Kier alpha value is -2.41. The van der Waals surface area contributed by atoms with Crippen LogP contribution in [-0.4, -0.2) is 54.8 Å². The van der Waals surface area contributed by atoms with E-state index in [9.17, 15) is 14.4 Å². The Balaban J connectivity index is 1.45. The van der Waals surface area contributed by atoms with E-state index in [2.05, 4.69) is 16.0 Å². The van der Waals surface area contributed by atoms with E-state index < -0.39 is 0 Å². The molecule has 28 heavy (non-hydrogen) atoms. The number of nitrogens with zero attached hydrogens (tertiary/aromatic N) is 1. The summed E-state index contributed by atoms with van der Waals surface area (Å²) in [5, 5.41) is 8.99. The second kappa shape index (κ2) is 9.68. The van der Waals surface area contributed by atoms with Crippen LogP contribution in [0.5, 0.6) is 0 Å². The highest BCUT2D eigenvalue weighted by molar-refractivity contribution is 5.88. The molecule has 2 aliphatic rings. The van der Waals surface area contributed by atoms with Gasteiger partial charge >= 0.3 is 0 Å². The van der Waals surface area contributed by atoms with Crippen molar-refractivity contribution in [2.75, 3.05) is 31.5 Å². The quantitative estimate of drug-likeness (QED) is 0.687. The first kappa shape index (κ1) is 20.3. The van der Waals surface area contributed by atoms with Crippen LogP contribution in [0.4, 0.5) is 5.69 Å².